The van der Waals surface area contributed by atoms with E-state index in [4.69, 9.17) is 11.6 Å². The van der Waals surface area contributed by atoms with Crippen molar-refractivity contribution in [2.75, 3.05) is 6.54 Å². The van der Waals surface area contributed by atoms with Gasteiger partial charge in [0.25, 0.3) is 0 Å². The second-order valence-corrected chi connectivity index (χ2v) is 5.86. The number of nitrogens with one attached hydrogen (secondary N) is 2. The van der Waals surface area contributed by atoms with Gasteiger partial charge in [0.05, 0.1) is 12.1 Å². The minimum absolute atomic E-state index is 0.0517. The van der Waals surface area contributed by atoms with Crippen LogP contribution in [0, 0.1) is 5.92 Å². The van der Waals surface area contributed by atoms with E-state index in [2.05, 4.69) is 29.4 Å². The molecule has 0 aliphatic carbocycles. The van der Waals surface area contributed by atoms with Crippen molar-refractivity contribution < 1.29 is 4.79 Å². The van der Waals surface area contributed by atoms with Gasteiger partial charge in [-0.2, -0.15) is 5.10 Å². The summed E-state index contributed by atoms with van der Waals surface area (Å²) in [6.45, 7) is 4.71. The smallest absolute Gasteiger partial charge is 0.227 e. The van der Waals surface area contributed by atoms with Gasteiger partial charge in [-0.25, -0.2) is 0 Å². The van der Waals surface area contributed by atoms with Gasteiger partial charge in [-0.15, -0.1) is 0 Å². The Hall–Kier alpha value is -1.81. The summed E-state index contributed by atoms with van der Waals surface area (Å²) in [6.07, 6.45) is 4.38. The van der Waals surface area contributed by atoms with Crippen LogP contribution in [0.2, 0.25) is 5.02 Å². The van der Waals surface area contributed by atoms with Crippen molar-refractivity contribution in [2.24, 2.45) is 5.92 Å². The molecule has 0 fully saturated rings. The lowest BCUT2D eigenvalue weighted by atomic mass is 9.87. The summed E-state index contributed by atoms with van der Waals surface area (Å²) in [6, 6.07) is 7.49. The Balaban J connectivity index is 1.97. The molecule has 4 nitrogen and oxygen atoms in total. The lowest BCUT2D eigenvalue weighted by Crippen LogP contribution is -2.33. The van der Waals surface area contributed by atoms with E-state index in [0.29, 0.717) is 11.6 Å². The number of H-pyrrole nitrogens is 1. The maximum Gasteiger partial charge on any atom is 0.227 e. The van der Waals surface area contributed by atoms with E-state index < -0.39 is 0 Å². The van der Waals surface area contributed by atoms with E-state index in [9.17, 15) is 4.79 Å². The molecule has 2 N–H and O–H groups in total. The Morgan fingerprint density at radius 1 is 1.33 bits per heavy atom. The molecule has 0 unspecified atom stereocenters. The molecule has 0 aliphatic rings. The summed E-state index contributed by atoms with van der Waals surface area (Å²) >= 11 is 5.91. The number of rotatable bonds is 6. The summed E-state index contributed by atoms with van der Waals surface area (Å²) in [5.41, 5.74) is 2.08. The molecule has 5 heteroatoms. The van der Waals surface area contributed by atoms with Gasteiger partial charge in [0.1, 0.15) is 0 Å². The number of halogens is 1. The molecule has 1 heterocycles. The topological polar surface area (TPSA) is 57.8 Å². The van der Waals surface area contributed by atoms with Gasteiger partial charge >= 0.3 is 0 Å². The first-order chi connectivity index (χ1) is 10.1. The maximum atomic E-state index is 12.4. The van der Waals surface area contributed by atoms with Crippen LogP contribution in [0.4, 0.5) is 0 Å². The van der Waals surface area contributed by atoms with Crippen molar-refractivity contribution in [1.29, 1.82) is 0 Å². The molecule has 0 radical (unpaired) electrons. The zero-order valence-electron chi connectivity index (χ0n) is 12.3. The molecule has 2 rings (SSSR count). The van der Waals surface area contributed by atoms with Gasteiger partial charge in [-0.3, -0.25) is 9.89 Å². The highest BCUT2D eigenvalue weighted by Gasteiger charge is 2.23. The molecule has 112 valence electrons. The van der Waals surface area contributed by atoms with E-state index >= 15 is 0 Å². The number of hydrogen-bond acceptors (Lipinski definition) is 2. The van der Waals surface area contributed by atoms with Crippen LogP contribution in [0.25, 0.3) is 0 Å². The van der Waals surface area contributed by atoms with Gasteiger partial charge in [0.2, 0.25) is 5.91 Å². The summed E-state index contributed by atoms with van der Waals surface area (Å²) in [4.78, 5) is 12.4. The Morgan fingerprint density at radius 2 is 2.05 bits per heavy atom. The first-order valence-electron chi connectivity index (χ1n) is 7.08. The average Bonchev–Trinajstić information content (AvgIpc) is 2.94. The summed E-state index contributed by atoms with van der Waals surface area (Å²) in [5.74, 6) is 0.113. The van der Waals surface area contributed by atoms with Crippen molar-refractivity contribution >= 4 is 17.5 Å². The Morgan fingerprint density at radius 3 is 2.62 bits per heavy atom. The van der Waals surface area contributed by atoms with E-state index in [-0.39, 0.29) is 17.7 Å². The van der Waals surface area contributed by atoms with Crippen molar-refractivity contribution in [3.05, 3.63) is 52.8 Å². The molecule has 2 aromatic rings. The second-order valence-electron chi connectivity index (χ2n) is 5.42. The highest BCUT2D eigenvalue weighted by Crippen LogP contribution is 2.25. The lowest BCUT2D eigenvalue weighted by molar-refractivity contribution is -0.123. The molecular formula is C16H20ClN3O. The number of aromatic nitrogens is 2. The van der Waals surface area contributed by atoms with Gasteiger partial charge in [0, 0.05) is 17.8 Å². The van der Waals surface area contributed by atoms with Crippen LogP contribution < -0.4 is 5.32 Å². The van der Waals surface area contributed by atoms with Crippen LogP contribution in [0.15, 0.2) is 36.7 Å². The van der Waals surface area contributed by atoms with Crippen LogP contribution in [0.5, 0.6) is 0 Å². The third-order valence-electron chi connectivity index (χ3n) is 3.45. The van der Waals surface area contributed by atoms with Crippen molar-refractivity contribution in [3.63, 3.8) is 0 Å². The van der Waals surface area contributed by atoms with Gasteiger partial charge in [-0.05, 0) is 35.6 Å². The van der Waals surface area contributed by atoms with E-state index in [1.54, 1.807) is 6.20 Å². The summed E-state index contributed by atoms with van der Waals surface area (Å²) in [5, 5.41) is 10.3. The number of nitrogens with zero attached hydrogens (tertiary/aromatic N) is 1. The molecule has 21 heavy (non-hydrogen) atoms. The number of benzene rings is 1. The van der Waals surface area contributed by atoms with Gasteiger partial charge in [0.15, 0.2) is 0 Å². The number of aromatic amines is 1. The van der Waals surface area contributed by atoms with E-state index in [1.165, 1.54) is 0 Å². The molecule has 1 aromatic carbocycles. The molecule has 0 saturated heterocycles. The van der Waals surface area contributed by atoms with Crippen molar-refractivity contribution in [3.8, 4) is 0 Å². The first-order valence-corrected chi connectivity index (χ1v) is 7.46. The average molecular weight is 306 g/mol. The summed E-state index contributed by atoms with van der Waals surface area (Å²) in [7, 11) is 0. The third kappa shape index (κ3) is 4.33. The molecule has 0 spiro atoms. The molecule has 1 aromatic heterocycles. The standard InChI is InChI=1S/C16H20ClN3O/c1-11(2)15(13-3-5-14(17)6-4-13)16(21)18-8-7-12-9-19-20-10-12/h3-6,9-11,15H,7-8H2,1-2H3,(H,18,21)(H,19,20)/t15-/m0/s1. The fourth-order valence-corrected chi connectivity index (χ4v) is 2.49. The lowest BCUT2D eigenvalue weighted by Gasteiger charge is -2.20. The minimum atomic E-state index is -0.161. The second kappa shape index (κ2) is 7.27. The highest BCUT2D eigenvalue weighted by molar-refractivity contribution is 6.30. The first kappa shape index (κ1) is 15.6. The van der Waals surface area contributed by atoms with Gasteiger partial charge in [-0.1, -0.05) is 37.6 Å². The number of carbonyl (C=O) groups excluding carboxylic acids is 1. The molecule has 0 saturated carbocycles. The Labute approximate surface area is 129 Å². The van der Waals surface area contributed by atoms with E-state index in [0.717, 1.165) is 17.5 Å². The Bertz CT molecular complexity index is 564. The molecular weight excluding hydrogens is 286 g/mol. The van der Waals surface area contributed by atoms with Crippen LogP contribution in [0.3, 0.4) is 0 Å². The van der Waals surface area contributed by atoms with Crippen LogP contribution in [-0.2, 0) is 11.2 Å². The zero-order chi connectivity index (χ0) is 15.2. The van der Waals surface area contributed by atoms with Crippen LogP contribution in [-0.4, -0.2) is 22.6 Å². The number of amides is 1. The third-order valence-corrected chi connectivity index (χ3v) is 3.70. The molecule has 0 aliphatic heterocycles. The number of carbonyl (C=O) groups is 1. The molecule has 1 atom stereocenters. The van der Waals surface area contributed by atoms with Crippen molar-refractivity contribution in [1.82, 2.24) is 15.5 Å². The van der Waals surface area contributed by atoms with Crippen molar-refractivity contribution in [2.45, 2.75) is 26.2 Å². The fraction of sp³-hybridized carbons (Fsp3) is 0.375. The summed E-state index contributed by atoms with van der Waals surface area (Å²) < 4.78 is 0. The maximum absolute atomic E-state index is 12.4. The molecule has 1 amide bonds. The van der Waals surface area contributed by atoms with Crippen LogP contribution in [0.1, 0.15) is 30.9 Å². The minimum Gasteiger partial charge on any atom is -0.355 e. The number of hydrogen-bond donors (Lipinski definition) is 2. The monoisotopic (exact) mass is 305 g/mol. The largest absolute Gasteiger partial charge is 0.355 e. The predicted octanol–water partition coefficient (Wildman–Crippen LogP) is 3.16. The molecule has 0 bridgehead atoms. The normalized spacial score (nSPS) is 12.4. The van der Waals surface area contributed by atoms with Gasteiger partial charge < -0.3 is 5.32 Å². The van der Waals surface area contributed by atoms with E-state index in [1.807, 2.05) is 30.5 Å². The Kier molecular flexibility index (Phi) is 5.39. The predicted molar refractivity (Wildman–Crippen MR) is 84.3 cm³/mol. The highest BCUT2D eigenvalue weighted by atomic mass is 35.5. The SMILES string of the molecule is CC(C)[C@H](C(=O)NCCc1cn[nH]c1)c1ccc(Cl)cc1. The fourth-order valence-electron chi connectivity index (χ4n) is 2.36. The quantitative estimate of drug-likeness (QED) is 0.861. The zero-order valence-corrected chi connectivity index (χ0v) is 13.0. The van der Waals surface area contributed by atoms with Crippen LogP contribution >= 0.6 is 11.6 Å².